The number of ether oxygens (including phenoxy) is 1. The summed E-state index contributed by atoms with van der Waals surface area (Å²) in [5.41, 5.74) is 14.3. The normalized spacial score (nSPS) is 24.7. The Labute approximate surface area is 90.4 Å². The molecule has 4 N–H and O–H groups in total. The molecule has 0 saturated carbocycles. The summed E-state index contributed by atoms with van der Waals surface area (Å²) in [5.74, 6) is 0.940. The maximum Gasteiger partial charge on any atom is 0.122 e. The molecule has 1 atom stereocenters. The molecule has 0 heterocycles. The summed E-state index contributed by atoms with van der Waals surface area (Å²) in [6.45, 7) is 0.532. The largest absolute Gasteiger partial charge is 0.496 e. The predicted molar refractivity (Wildman–Crippen MR) is 61.0 cm³/mol. The van der Waals surface area contributed by atoms with Crippen molar-refractivity contribution in [1.82, 2.24) is 0 Å². The van der Waals surface area contributed by atoms with E-state index in [9.17, 15) is 0 Å². The average molecular weight is 206 g/mol. The van der Waals surface area contributed by atoms with Gasteiger partial charge >= 0.3 is 0 Å². The van der Waals surface area contributed by atoms with Crippen molar-refractivity contribution in [2.45, 2.75) is 24.8 Å². The smallest absolute Gasteiger partial charge is 0.122 e. The van der Waals surface area contributed by atoms with Crippen molar-refractivity contribution >= 4 is 0 Å². The van der Waals surface area contributed by atoms with Gasteiger partial charge in [0.25, 0.3) is 0 Å². The van der Waals surface area contributed by atoms with Gasteiger partial charge in [-0.15, -0.1) is 0 Å². The van der Waals surface area contributed by atoms with E-state index < -0.39 is 0 Å². The highest BCUT2D eigenvalue weighted by Crippen LogP contribution is 2.32. The fourth-order valence-electron chi connectivity index (χ4n) is 2.24. The van der Waals surface area contributed by atoms with Crippen LogP contribution in [0.1, 0.15) is 17.5 Å². The molecule has 0 spiro atoms. The standard InChI is InChI=1S/C12H18N2O/c1-15-11-4-2-3-9-5-6-12(14,8-13)7-10(9)11/h2-4H,5-8,13-14H2,1H3. The summed E-state index contributed by atoms with van der Waals surface area (Å²) in [5, 5.41) is 0. The highest BCUT2D eigenvalue weighted by Gasteiger charge is 2.30. The lowest BCUT2D eigenvalue weighted by Crippen LogP contribution is -2.51. The Bertz CT molecular complexity index is 350. The lowest BCUT2D eigenvalue weighted by molar-refractivity contribution is 0.359. The SMILES string of the molecule is COc1cccc2c1CC(N)(CN)CC2. The number of methoxy groups -OCH3 is 1. The second-order valence-corrected chi connectivity index (χ2v) is 4.34. The first-order valence-electron chi connectivity index (χ1n) is 5.32. The van der Waals surface area contributed by atoms with Crippen LogP contribution in [-0.2, 0) is 12.8 Å². The van der Waals surface area contributed by atoms with Crippen molar-refractivity contribution in [3.8, 4) is 5.75 Å². The van der Waals surface area contributed by atoms with Crippen molar-refractivity contribution < 1.29 is 4.74 Å². The van der Waals surface area contributed by atoms with Gasteiger partial charge in [-0.1, -0.05) is 12.1 Å². The third-order valence-corrected chi connectivity index (χ3v) is 3.28. The van der Waals surface area contributed by atoms with Crippen LogP contribution in [0.5, 0.6) is 5.75 Å². The number of rotatable bonds is 2. The quantitative estimate of drug-likeness (QED) is 0.753. The molecule has 0 fully saturated rings. The van der Waals surface area contributed by atoms with Gasteiger partial charge in [0.05, 0.1) is 7.11 Å². The van der Waals surface area contributed by atoms with Gasteiger partial charge in [0.2, 0.25) is 0 Å². The lowest BCUT2D eigenvalue weighted by Gasteiger charge is -2.34. The summed E-state index contributed by atoms with van der Waals surface area (Å²) >= 11 is 0. The van der Waals surface area contributed by atoms with E-state index in [1.54, 1.807) is 7.11 Å². The zero-order chi connectivity index (χ0) is 10.9. The molecule has 0 amide bonds. The minimum Gasteiger partial charge on any atom is -0.496 e. The molecule has 0 bridgehead atoms. The summed E-state index contributed by atoms with van der Waals surface area (Å²) in [6.07, 6.45) is 2.78. The van der Waals surface area contributed by atoms with Crippen LogP contribution >= 0.6 is 0 Å². The first-order valence-corrected chi connectivity index (χ1v) is 5.32. The Morgan fingerprint density at radius 3 is 2.93 bits per heavy atom. The summed E-state index contributed by atoms with van der Waals surface area (Å²) in [4.78, 5) is 0. The molecular formula is C12H18N2O. The zero-order valence-electron chi connectivity index (χ0n) is 9.12. The Hall–Kier alpha value is -1.06. The molecule has 3 heteroatoms. The minimum absolute atomic E-state index is 0.248. The molecule has 0 saturated heterocycles. The van der Waals surface area contributed by atoms with Gasteiger partial charge in [-0.3, -0.25) is 0 Å². The van der Waals surface area contributed by atoms with Crippen molar-refractivity contribution in [2.75, 3.05) is 13.7 Å². The van der Waals surface area contributed by atoms with E-state index in [1.165, 1.54) is 11.1 Å². The Morgan fingerprint density at radius 1 is 1.47 bits per heavy atom. The molecule has 1 unspecified atom stereocenters. The van der Waals surface area contributed by atoms with Crippen molar-refractivity contribution in [2.24, 2.45) is 11.5 Å². The number of benzene rings is 1. The molecular weight excluding hydrogens is 188 g/mol. The van der Waals surface area contributed by atoms with Crippen LogP contribution in [0.25, 0.3) is 0 Å². The van der Waals surface area contributed by atoms with Crippen LogP contribution in [0.3, 0.4) is 0 Å². The Balaban J connectivity index is 2.38. The van der Waals surface area contributed by atoms with Crippen LogP contribution < -0.4 is 16.2 Å². The molecule has 82 valence electrons. The number of fused-ring (bicyclic) bond motifs is 1. The van der Waals surface area contributed by atoms with Gasteiger partial charge in [-0.05, 0) is 36.5 Å². The fourth-order valence-corrected chi connectivity index (χ4v) is 2.24. The number of nitrogens with two attached hydrogens (primary N) is 2. The molecule has 0 aliphatic heterocycles. The Kier molecular flexibility index (Phi) is 2.67. The van der Waals surface area contributed by atoms with Crippen LogP contribution in [0.2, 0.25) is 0 Å². The molecule has 3 nitrogen and oxygen atoms in total. The molecule has 1 aromatic rings. The second kappa shape index (κ2) is 3.83. The lowest BCUT2D eigenvalue weighted by atomic mass is 9.78. The third kappa shape index (κ3) is 1.85. The van der Waals surface area contributed by atoms with Gasteiger partial charge in [-0.2, -0.15) is 0 Å². The fraction of sp³-hybridized carbons (Fsp3) is 0.500. The van der Waals surface area contributed by atoms with E-state index in [0.717, 1.165) is 25.0 Å². The summed E-state index contributed by atoms with van der Waals surface area (Å²) in [7, 11) is 1.70. The first-order chi connectivity index (χ1) is 7.18. The summed E-state index contributed by atoms with van der Waals surface area (Å²) in [6, 6.07) is 6.17. The van der Waals surface area contributed by atoms with E-state index in [0.29, 0.717) is 6.54 Å². The van der Waals surface area contributed by atoms with Gasteiger partial charge in [0, 0.05) is 12.1 Å². The molecule has 1 aliphatic carbocycles. The molecule has 2 rings (SSSR count). The van der Waals surface area contributed by atoms with Crippen molar-refractivity contribution in [1.29, 1.82) is 0 Å². The highest BCUT2D eigenvalue weighted by molar-refractivity contribution is 5.43. The predicted octanol–water partition coefficient (Wildman–Crippen LogP) is 0.840. The molecule has 1 aliphatic rings. The monoisotopic (exact) mass is 206 g/mol. The number of aryl methyl sites for hydroxylation is 1. The van der Waals surface area contributed by atoms with E-state index in [4.69, 9.17) is 16.2 Å². The van der Waals surface area contributed by atoms with Crippen LogP contribution in [-0.4, -0.2) is 19.2 Å². The molecule has 15 heavy (non-hydrogen) atoms. The van der Waals surface area contributed by atoms with Crippen LogP contribution in [0.15, 0.2) is 18.2 Å². The first kappa shape index (κ1) is 10.5. The Morgan fingerprint density at radius 2 is 2.27 bits per heavy atom. The molecule has 1 aromatic carbocycles. The van der Waals surface area contributed by atoms with Gasteiger partial charge < -0.3 is 16.2 Å². The van der Waals surface area contributed by atoms with Crippen molar-refractivity contribution in [3.63, 3.8) is 0 Å². The second-order valence-electron chi connectivity index (χ2n) is 4.34. The van der Waals surface area contributed by atoms with Crippen LogP contribution in [0.4, 0.5) is 0 Å². The highest BCUT2D eigenvalue weighted by atomic mass is 16.5. The van der Waals surface area contributed by atoms with Crippen LogP contribution in [0, 0.1) is 0 Å². The van der Waals surface area contributed by atoms with E-state index in [1.807, 2.05) is 12.1 Å². The molecule has 0 aromatic heterocycles. The van der Waals surface area contributed by atoms with Gasteiger partial charge in [-0.25, -0.2) is 0 Å². The van der Waals surface area contributed by atoms with E-state index in [2.05, 4.69) is 6.07 Å². The maximum atomic E-state index is 6.22. The summed E-state index contributed by atoms with van der Waals surface area (Å²) < 4.78 is 5.35. The number of hydrogen-bond acceptors (Lipinski definition) is 3. The molecule has 0 radical (unpaired) electrons. The number of hydrogen-bond donors (Lipinski definition) is 2. The van der Waals surface area contributed by atoms with Gasteiger partial charge in [0.15, 0.2) is 0 Å². The van der Waals surface area contributed by atoms with E-state index in [-0.39, 0.29) is 5.54 Å². The zero-order valence-corrected chi connectivity index (χ0v) is 9.12. The van der Waals surface area contributed by atoms with E-state index >= 15 is 0 Å². The average Bonchev–Trinajstić information content (AvgIpc) is 2.28. The third-order valence-electron chi connectivity index (χ3n) is 3.28. The maximum absolute atomic E-state index is 6.22. The van der Waals surface area contributed by atoms with Gasteiger partial charge in [0.1, 0.15) is 5.75 Å². The topological polar surface area (TPSA) is 61.3 Å². The minimum atomic E-state index is -0.248. The van der Waals surface area contributed by atoms with Crippen molar-refractivity contribution in [3.05, 3.63) is 29.3 Å².